The number of aromatic nitrogens is 2. The molecule has 1 unspecified atom stereocenters. The molecule has 0 radical (unpaired) electrons. The number of aryl methyl sites for hydroxylation is 1. The van der Waals surface area contributed by atoms with Gasteiger partial charge < -0.3 is 5.73 Å². The standard InChI is InChI=1S/C8H13N3O2S/c1-5-4-7(9)11-8(10-5)6(2)14(3,12)13/h4,6H,1-3H3,(H2,9,10,11). The number of rotatable bonds is 2. The van der Waals surface area contributed by atoms with Crippen molar-refractivity contribution >= 4 is 15.7 Å². The summed E-state index contributed by atoms with van der Waals surface area (Å²) < 4.78 is 22.5. The van der Waals surface area contributed by atoms with Gasteiger partial charge >= 0.3 is 0 Å². The molecule has 1 aromatic heterocycles. The van der Waals surface area contributed by atoms with Crippen LogP contribution < -0.4 is 5.73 Å². The summed E-state index contributed by atoms with van der Waals surface area (Å²) in [4.78, 5) is 7.92. The van der Waals surface area contributed by atoms with Gasteiger partial charge in [-0.3, -0.25) is 0 Å². The van der Waals surface area contributed by atoms with Crippen molar-refractivity contribution in [3.8, 4) is 0 Å². The molecule has 0 aliphatic rings. The fourth-order valence-corrected chi connectivity index (χ4v) is 1.48. The lowest BCUT2D eigenvalue weighted by atomic mass is 10.3. The fourth-order valence-electron chi connectivity index (χ4n) is 0.990. The lowest BCUT2D eigenvalue weighted by Crippen LogP contribution is -2.13. The third-order valence-corrected chi connectivity index (χ3v) is 3.39. The van der Waals surface area contributed by atoms with E-state index in [0.717, 1.165) is 6.26 Å². The molecule has 1 aromatic rings. The van der Waals surface area contributed by atoms with Crippen LogP contribution in [0.15, 0.2) is 6.07 Å². The molecule has 14 heavy (non-hydrogen) atoms. The summed E-state index contributed by atoms with van der Waals surface area (Å²) in [5.41, 5.74) is 6.16. The summed E-state index contributed by atoms with van der Waals surface area (Å²) in [5.74, 6) is 0.549. The van der Waals surface area contributed by atoms with E-state index in [1.165, 1.54) is 0 Å². The second kappa shape index (κ2) is 3.53. The fraction of sp³-hybridized carbons (Fsp3) is 0.500. The van der Waals surface area contributed by atoms with Crippen LogP contribution >= 0.6 is 0 Å². The molecule has 5 nitrogen and oxygen atoms in total. The minimum absolute atomic E-state index is 0.255. The molecular weight excluding hydrogens is 202 g/mol. The SMILES string of the molecule is Cc1cc(N)nc(C(C)S(C)(=O)=O)n1. The lowest BCUT2D eigenvalue weighted by molar-refractivity contribution is 0.589. The van der Waals surface area contributed by atoms with E-state index in [-0.39, 0.29) is 5.82 Å². The van der Waals surface area contributed by atoms with Gasteiger partial charge in [0.2, 0.25) is 0 Å². The molecule has 6 heteroatoms. The third-order valence-electron chi connectivity index (χ3n) is 1.90. The molecule has 0 amide bonds. The van der Waals surface area contributed by atoms with Crippen LogP contribution in [0.4, 0.5) is 5.82 Å². The van der Waals surface area contributed by atoms with Crippen LogP contribution in [-0.4, -0.2) is 24.6 Å². The maximum Gasteiger partial charge on any atom is 0.157 e. The highest BCUT2D eigenvalue weighted by Gasteiger charge is 2.20. The molecule has 0 saturated carbocycles. The average molecular weight is 215 g/mol. The van der Waals surface area contributed by atoms with Gasteiger partial charge in [0.15, 0.2) is 9.84 Å². The molecule has 0 bridgehead atoms. The van der Waals surface area contributed by atoms with Crippen molar-refractivity contribution in [1.82, 2.24) is 9.97 Å². The Bertz CT molecular complexity index is 422. The first-order valence-electron chi connectivity index (χ1n) is 4.10. The maximum absolute atomic E-state index is 11.2. The van der Waals surface area contributed by atoms with Crippen LogP contribution in [0.2, 0.25) is 0 Å². The van der Waals surface area contributed by atoms with Crippen LogP contribution in [0.1, 0.15) is 23.7 Å². The Morgan fingerprint density at radius 2 is 2.00 bits per heavy atom. The number of nitrogens with two attached hydrogens (primary N) is 1. The molecule has 0 spiro atoms. The van der Waals surface area contributed by atoms with Gasteiger partial charge in [-0.2, -0.15) is 0 Å². The topological polar surface area (TPSA) is 85.9 Å². The van der Waals surface area contributed by atoms with Crippen molar-refractivity contribution in [3.63, 3.8) is 0 Å². The Morgan fingerprint density at radius 3 is 2.43 bits per heavy atom. The van der Waals surface area contributed by atoms with Crippen molar-refractivity contribution < 1.29 is 8.42 Å². The zero-order chi connectivity index (χ0) is 10.9. The maximum atomic E-state index is 11.2. The second-order valence-corrected chi connectivity index (χ2v) is 5.63. The summed E-state index contributed by atoms with van der Waals surface area (Å²) >= 11 is 0. The van der Waals surface area contributed by atoms with E-state index in [0.29, 0.717) is 11.5 Å². The van der Waals surface area contributed by atoms with Gasteiger partial charge in [0.25, 0.3) is 0 Å². The van der Waals surface area contributed by atoms with Crippen molar-refractivity contribution in [3.05, 3.63) is 17.6 Å². The summed E-state index contributed by atoms with van der Waals surface area (Å²) in [6.45, 7) is 3.29. The first-order chi connectivity index (χ1) is 6.30. The minimum atomic E-state index is -3.17. The largest absolute Gasteiger partial charge is 0.384 e. The Balaban J connectivity index is 3.20. The second-order valence-electron chi connectivity index (χ2n) is 3.26. The summed E-state index contributed by atoms with van der Waals surface area (Å²) in [7, 11) is -3.17. The third kappa shape index (κ3) is 2.41. The number of hydrogen-bond donors (Lipinski definition) is 1. The summed E-state index contributed by atoms with van der Waals surface area (Å²) in [5, 5.41) is -0.718. The van der Waals surface area contributed by atoms with Crippen LogP contribution in [0.5, 0.6) is 0 Å². The monoisotopic (exact) mass is 215 g/mol. The van der Waals surface area contributed by atoms with Crippen LogP contribution in [0.3, 0.4) is 0 Å². The average Bonchev–Trinajstić information content (AvgIpc) is 1.99. The molecule has 0 saturated heterocycles. The van der Waals surface area contributed by atoms with Crippen LogP contribution in [-0.2, 0) is 9.84 Å². The molecule has 0 aliphatic heterocycles. The number of nitrogens with zero attached hydrogens (tertiary/aromatic N) is 2. The summed E-state index contributed by atoms with van der Waals surface area (Å²) in [6.07, 6.45) is 1.15. The molecule has 78 valence electrons. The van der Waals surface area contributed by atoms with E-state index < -0.39 is 15.1 Å². The molecule has 0 aromatic carbocycles. The normalized spacial score (nSPS) is 13.9. The molecule has 0 aliphatic carbocycles. The summed E-state index contributed by atoms with van der Waals surface area (Å²) in [6, 6.07) is 1.60. The van der Waals surface area contributed by atoms with E-state index in [4.69, 9.17) is 5.73 Å². The quantitative estimate of drug-likeness (QED) is 0.775. The molecule has 1 atom stereocenters. The zero-order valence-electron chi connectivity index (χ0n) is 8.35. The van der Waals surface area contributed by atoms with Crippen molar-refractivity contribution in [2.45, 2.75) is 19.1 Å². The Kier molecular flexibility index (Phi) is 2.75. The number of anilines is 1. The van der Waals surface area contributed by atoms with Crippen LogP contribution in [0.25, 0.3) is 0 Å². The van der Waals surface area contributed by atoms with Gasteiger partial charge in [-0.05, 0) is 13.8 Å². The van der Waals surface area contributed by atoms with Gasteiger partial charge in [-0.1, -0.05) is 0 Å². The predicted octanol–water partition coefficient (Wildman–Crippen LogP) is 0.473. The molecule has 1 heterocycles. The number of sulfone groups is 1. The van der Waals surface area contributed by atoms with Gasteiger partial charge in [-0.25, -0.2) is 18.4 Å². The smallest absolute Gasteiger partial charge is 0.157 e. The van der Waals surface area contributed by atoms with E-state index in [2.05, 4.69) is 9.97 Å². The Morgan fingerprint density at radius 1 is 1.43 bits per heavy atom. The number of hydrogen-bond acceptors (Lipinski definition) is 5. The van der Waals surface area contributed by atoms with Gasteiger partial charge in [0, 0.05) is 18.0 Å². The van der Waals surface area contributed by atoms with Crippen molar-refractivity contribution in [2.24, 2.45) is 0 Å². The van der Waals surface area contributed by atoms with Crippen molar-refractivity contribution in [1.29, 1.82) is 0 Å². The van der Waals surface area contributed by atoms with Gasteiger partial charge in [0.1, 0.15) is 16.9 Å². The Hall–Kier alpha value is -1.17. The molecule has 2 N–H and O–H groups in total. The lowest BCUT2D eigenvalue weighted by Gasteiger charge is -2.08. The highest BCUT2D eigenvalue weighted by Crippen LogP contribution is 2.18. The molecule has 0 fully saturated rings. The highest BCUT2D eigenvalue weighted by atomic mass is 32.2. The minimum Gasteiger partial charge on any atom is -0.384 e. The Labute approximate surface area is 83.3 Å². The first-order valence-corrected chi connectivity index (χ1v) is 6.06. The van der Waals surface area contributed by atoms with E-state index in [1.807, 2.05) is 0 Å². The van der Waals surface area contributed by atoms with Gasteiger partial charge in [0.05, 0.1) is 0 Å². The van der Waals surface area contributed by atoms with E-state index >= 15 is 0 Å². The van der Waals surface area contributed by atoms with E-state index in [9.17, 15) is 8.42 Å². The molecule has 1 rings (SSSR count). The van der Waals surface area contributed by atoms with E-state index in [1.54, 1.807) is 19.9 Å². The predicted molar refractivity (Wildman–Crippen MR) is 54.4 cm³/mol. The van der Waals surface area contributed by atoms with Gasteiger partial charge in [-0.15, -0.1) is 0 Å². The van der Waals surface area contributed by atoms with Crippen molar-refractivity contribution in [2.75, 3.05) is 12.0 Å². The zero-order valence-corrected chi connectivity index (χ0v) is 9.17. The van der Waals surface area contributed by atoms with Crippen LogP contribution in [0, 0.1) is 6.92 Å². The highest BCUT2D eigenvalue weighted by molar-refractivity contribution is 7.90. The molecular formula is C8H13N3O2S. The number of nitrogen functional groups attached to an aromatic ring is 1. The first kappa shape index (κ1) is 10.9.